The van der Waals surface area contributed by atoms with Crippen LogP contribution in [-0.2, 0) is 0 Å². The van der Waals surface area contributed by atoms with E-state index in [0.717, 1.165) is 12.1 Å². The number of nitrogens with one attached hydrogen (secondary N) is 1. The Bertz CT molecular complexity index is 794. The Labute approximate surface area is 136 Å². The quantitative estimate of drug-likeness (QED) is 0.646. The van der Waals surface area contributed by atoms with E-state index in [1.165, 1.54) is 25.3 Å². The largest absolute Gasteiger partial charge is 0.502 e. The number of amides is 1. The van der Waals surface area contributed by atoms with Gasteiger partial charge in [-0.3, -0.25) is 14.9 Å². The summed E-state index contributed by atoms with van der Waals surface area (Å²) in [5.74, 6) is -1.61. The van der Waals surface area contributed by atoms with Gasteiger partial charge < -0.3 is 15.2 Å². The number of rotatable bonds is 5. The standard InChI is InChI=1S/C16H15FN2O5/c1-9(10-4-6-15(24-2)12(17)7-10)18-16(21)11-3-5-13(19(22)23)14(20)8-11/h3-9,20H,1-2H3,(H,18,21)/t9-/m1/s1. The van der Waals surface area contributed by atoms with Crippen molar-refractivity contribution in [3.63, 3.8) is 0 Å². The summed E-state index contributed by atoms with van der Waals surface area (Å²) < 4.78 is 18.5. The Hall–Kier alpha value is -3.16. The first kappa shape index (κ1) is 17.2. The van der Waals surface area contributed by atoms with Crippen molar-refractivity contribution in [2.75, 3.05) is 7.11 Å². The van der Waals surface area contributed by atoms with Gasteiger partial charge in [-0.15, -0.1) is 0 Å². The van der Waals surface area contributed by atoms with Crippen LogP contribution < -0.4 is 10.1 Å². The summed E-state index contributed by atoms with van der Waals surface area (Å²) in [6, 6.07) is 7.07. The van der Waals surface area contributed by atoms with Gasteiger partial charge in [0.2, 0.25) is 0 Å². The number of carbonyl (C=O) groups is 1. The normalized spacial score (nSPS) is 11.6. The third-order valence-corrected chi connectivity index (χ3v) is 3.46. The van der Waals surface area contributed by atoms with E-state index in [4.69, 9.17) is 4.74 Å². The molecule has 2 aromatic carbocycles. The fourth-order valence-corrected chi connectivity index (χ4v) is 2.13. The number of hydrogen-bond acceptors (Lipinski definition) is 5. The maximum absolute atomic E-state index is 13.7. The second-order valence-corrected chi connectivity index (χ2v) is 5.05. The van der Waals surface area contributed by atoms with Crippen LogP contribution in [0.1, 0.15) is 28.9 Å². The summed E-state index contributed by atoms with van der Waals surface area (Å²) in [6.45, 7) is 1.66. The van der Waals surface area contributed by atoms with Gasteiger partial charge in [-0.05, 0) is 36.8 Å². The van der Waals surface area contributed by atoms with E-state index in [1.54, 1.807) is 13.0 Å². The van der Waals surface area contributed by atoms with Crippen LogP contribution in [0.3, 0.4) is 0 Å². The van der Waals surface area contributed by atoms with Crippen LogP contribution in [0.2, 0.25) is 0 Å². The number of hydrogen-bond donors (Lipinski definition) is 2. The number of nitro benzene ring substituents is 1. The molecule has 0 heterocycles. The molecule has 0 saturated carbocycles. The lowest BCUT2D eigenvalue weighted by molar-refractivity contribution is -0.385. The Kier molecular flexibility index (Phi) is 4.98. The van der Waals surface area contributed by atoms with Crippen molar-refractivity contribution in [2.45, 2.75) is 13.0 Å². The zero-order valence-electron chi connectivity index (χ0n) is 12.9. The van der Waals surface area contributed by atoms with Crippen molar-refractivity contribution in [2.24, 2.45) is 0 Å². The Morgan fingerprint density at radius 2 is 2.04 bits per heavy atom. The third kappa shape index (κ3) is 3.60. The van der Waals surface area contributed by atoms with Crippen LogP contribution in [0, 0.1) is 15.9 Å². The molecule has 0 spiro atoms. The molecular weight excluding hydrogens is 319 g/mol. The molecule has 0 unspecified atom stereocenters. The number of methoxy groups -OCH3 is 1. The van der Waals surface area contributed by atoms with Crippen LogP contribution in [0.5, 0.6) is 11.5 Å². The highest BCUT2D eigenvalue weighted by molar-refractivity contribution is 5.95. The van der Waals surface area contributed by atoms with Gasteiger partial charge in [-0.1, -0.05) is 6.07 Å². The molecule has 0 fully saturated rings. The summed E-state index contributed by atoms with van der Waals surface area (Å²) in [5.41, 5.74) is 0.0866. The lowest BCUT2D eigenvalue weighted by Crippen LogP contribution is -2.26. The van der Waals surface area contributed by atoms with E-state index in [2.05, 4.69) is 5.32 Å². The van der Waals surface area contributed by atoms with E-state index in [9.17, 15) is 24.4 Å². The number of phenols is 1. The van der Waals surface area contributed by atoms with Crippen molar-refractivity contribution in [1.29, 1.82) is 0 Å². The van der Waals surface area contributed by atoms with Crippen molar-refractivity contribution < 1.29 is 24.0 Å². The number of nitro groups is 1. The summed E-state index contributed by atoms with van der Waals surface area (Å²) >= 11 is 0. The van der Waals surface area contributed by atoms with Gasteiger partial charge in [0.05, 0.1) is 18.1 Å². The van der Waals surface area contributed by atoms with Gasteiger partial charge in [-0.25, -0.2) is 4.39 Å². The summed E-state index contributed by atoms with van der Waals surface area (Å²) in [5, 5.41) is 22.8. The highest BCUT2D eigenvalue weighted by Gasteiger charge is 2.18. The van der Waals surface area contributed by atoms with Gasteiger partial charge in [-0.2, -0.15) is 0 Å². The fraction of sp³-hybridized carbons (Fsp3) is 0.188. The number of ether oxygens (including phenoxy) is 1. The molecule has 0 aliphatic carbocycles. The number of benzene rings is 2. The molecule has 24 heavy (non-hydrogen) atoms. The van der Waals surface area contributed by atoms with E-state index in [-0.39, 0.29) is 11.3 Å². The summed E-state index contributed by atoms with van der Waals surface area (Å²) in [7, 11) is 1.35. The Balaban J connectivity index is 2.15. The molecular formula is C16H15FN2O5. The fourth-order valence-electron chi connectivity index (χ4n) is 2.13. The first-order chi connectivity index (χ1) is 11.3. The monoisotopic (exact) mass is 334 g/mol. The van der Waals surface area contributed by atoms with Crippen molar-refractivity contribution in [3.05, 3.63) is 63.5 Å². The van der Waals surface area contributed by atoms with Gasteiger partial charge in [0, 0.05) is 11.6 Å². The molecule has 126 valence electrons. The van der Waals surface area contributed by atoms with E-state index >= 15 is 0 Å². The smallest absolute Gasteiger partial charge is 0.310 e. The van der Waals surface area contributed by atoms with E-state index in [0.29, 0.717) is 5.56 Å². The van der Waals surface area contributed by atoms with Crippen LogP contribution in [0.25, 0.3) is 0 Å². The number of halogens is 1. The zero-order valence-corrected chi connectivity index (χ0v) is 12.9. The maximum atomic E-state index is 13.7. The molecule has 7 nitrogen and oxygen atoms in total. The molecule has 1 amide bonds. The number of aromatic hydroxyl groups is 1. The van der Waals surface area contributed by atoms with Crippen LogP contribution in [0.4, 0.5) is 10.1 Å². The molecule has 2 N–H and O–H groups in total. The average molecular weight is 334 g/mol. The number of nitrogens with zero attached hydrogens (tertiary/aromatic N) is 1. The second-order valence-electron chi connectivity index (χ2n) is 5.05. The predicted octanol–water partition coefficient (Wildman–Crippen LogP) is 2.94. The molecule has 0 bridgehead atoms. The lowest BCUT2D eigenvalue weighted by atomic mass is 10.1. The highest BCUT2D eigenvalue weighted by Crippen LogP contribution is 2.27. The minimum absolute atomic E-state index is 0.0546. The molecule has 2 rings (SSSR count). The predicted molar refractivity (Wildman–Crippen MR) is 83.6 cm³/mol. The zero-order chi connectivity index (χ0) is 17.9. The summed E-state index contributed by atoms with van der Waals surface area (Å²) in [4.78, 5) is 22.1. The topological polar surface area (TPSA) is 102 Å². The first-order valence-electron chi connectivity index (χ1n) is 6.95. The molecule has 0 saturated heterocycles. The number of carbonyl (C=O) groups excluding carboxylic acids is 1. The highest BCUT2D eigenvalue weighted by atomic mass is 19.1. The Morgan fingerprint density at radius 3 is 2.58 bits per heavy atom. The van der Waals surface area contributed by atoms with Crippen molar-refractivity contribution in [3.8, 4) is 11.5 Å². The van der Waals surface area contributed by atoms with Crippen molar-refractivity contribution in [1.82, 2.24) is 5.32 Å². The molecule has 0 aliphatic heterocycles. The van der Waals surface area contributed by atoms with Crippen LogP contribution >= 0.6 is 0 Å². The lowest BCUT2D eigenvalue weighted by Gasteiger charge is -2.15. The molecule has 1 atom stereocenters. The molecule has 2 aromatic rings. The molecule has 0 aromatic heterocycles. The maximum Gasteiger partial charge on any atom is 0.310 e. The Morgan fingerprint density at radius 1 is 1.33 bits per heavy atom. The van der Waals surface area contributed by atoms with E-state index < -0.39 is 34.1 Å². The average Bonchev–Trinajstić information content (AvgIpc) is 2.54. The molecule has 0 radical (unpaired) electrons. The second kappa shape index (κ2) is 6.95. The molecule has 0 aliphatic rings. The first-order valence-corrected chi connectivity index (χ1v) is 6.95. The minimum atomic E-state index is -0.750. The van der Waals surface area contributed by atoms with Gasteiger partial charge in [0.1, 0.15) is 0 Å². The third-order valence-electron chi connectivity index (χ3n) is 3.46. The van der Waals surface area contributed by atoms with Gasteiger partial charge in [0.15, 0.2) is 17.3 Å². The number of phenolic OH excluding ortho intramolecular Hbond substituents is 1. The van der Waals surface area contributed by atoms with Gasteiger partial charge in [0.25, 0.3) is 5.91 Å². The van der Waals surface area contributed by atoms with Crippen molar-refractivity contribution >= 4 is 11.6 Å². The van der Waals surface area contributed by atoms with Crippen LogP contribution in [-0.4, -0.2) is 23.0 Å². The van der Waals surface area contributed by atoms with E-state index in [1.807, 2.05) is 0 Å². The minimum Gasteiger partial charge on any atom is -0.502 e. The SMILES string of the molecule is COc1ccc([C@@H](C)NC(=O)c2ccc([N+](=O)[O-])c(O)c2)cc1F. The van der Waals surface area contributed by atoms with Gasteiger partial charge >= 0.3 is 5.69 Å². The summed E-state index contributed by atoms with van der Waals surface area (Å²) in [6.07, 6.45) is 0. The molecule has 8 heteroatoms. The van der Waals surface area contributed by atoms with Crippen LogP contribution in [0.15, 0.2) is 36.4 Å².